The number of rotatable bonds is 4. The Morgan fingerprint density at radius 1 is 1.37 bits per heavy atom. The molecule has 10 heteroatoms. The monoisotopic (exact) mass is 407 g/mol. The Hall–Kier alpha value is -3.69. The normalized spacial score (nSPS) is 16.6. The summed E-state index contributed by atoms with van der Waals surface area (Å²) in [5.74, 6) is 0.358. The Morgan fingerprint density at radius 3 is 3.03 bits per heavy atom. The maximum Gasteiger partial charge on any atom is 0.330 e. The summed E-state index contributed by atoms with van der Waals surface area (Å²) < 4.78 is 10.3. The summed E-state index contributed by atoms with van der Waals surface area (Å²) in [6.45, 7) is 3.34. The highest BCUT2D eigenvalue weighted by molar-refractivity contribution is 5.92. The first-order chi connectivity index (χ1) is 14.5. The highest BCUT2D eigenvalue weighted by Crippen LogP contribution is 2.25. The van der Waals surface area contributed by atoms with E-state index in [-0.39, 0.29) is 23.3 Å². The quantitative estimate of drug-likeness (QED) is 0.506. The fourth-order valence-corrected chi connectivity index (χ4v) is 4.02. The third-order valence-electron chi connectivity index (χ3n) is 5.52. The molecule has 4 aromatic heterocycles. The number of carbonyl (C=O) groups is 1. The molecular formula is C20H21N7O3. The number of hydrogen-bond donors (Lipinski definition) is 0. The van der Waals surface area contributed by atoms with E-state index >= 15 is 0 Å². The predicted molar refractivity (Wildman–Crippen MR) is 107 cm³/mol. The summed E-state index contributed by atoms with van der Waals surface area (Å²) in [6.07, 6.45) is 6.01. The first-order valence-corrected chi connectivity index (χ1v) is 9.77. The molecule has 30 heavy (non-hydrogen) atoms. The first kappa shape index (κ1) is 18.3. The summed E-state index contributed by atoms with van der Waals surface area (Å²) in [5.41, 5.74) is 2.61. The first-order valence-electron chi connectivity index (χ1n) is 9.77. The number of fused-ring (bicyclic) bond motifs is 1. The Balaban J connectivity index is 1.34. The molecule has 0 bridgehead atoms. The molecule has 154 valence electrons. The van der Waals surface area contributed by atoms with Crippen LogP contribution >= 0.6 is 0 Å². The van der Waals surface area contributed by atoms with Crippen molar-refractivity contribution in [3.05, 3.63) is 64.3 Å². The van der Waals surface area contributed by atoms with Crippen molar-refractivity contribution in [2.45, 2.75) is 25.9 Å². The van der Waals surface area contributed by atoms with E-state index in [4.69, 9.17) is 4.52 Å². The Morgan fingerprint density at radius 2 is 2.23 bits per heavy atom. The average Bonchev–Trinajstić information content (AvgIpc) is 3.52. The zero-order valence-electron chi connectivity index (χ0n) is 16.7. The number of likely N-dealkylation sites (tertiary alicyclic amines) is 1. The van der Waals surface area contributed by atoms with Gasteiger partial charge >= 0.3 is 5.69 Å². The molecular weight excluding hydrogens is 386 g/mol. The average molecular weight is 407 g/mol. The van der Waals surface area contributed by atoms with Gasteiger partial charge in [0.2, 0.25) is 0 Å². The van der Waals surface area contributed by atoms with Gasteiger partial charge in [0.05, 0.1) is 17.8 Å². The summed E-state index contributed by atoms with van der Waals surface area (Å²) in [5, 5.41) is 8.16. The molecule has 4 aromatic rings. The van der Waals surface area contributed by atoms with Crippen molar-refractivity contribution in [2.75, 3.05) is 13.1 Å². The van der Waals surface area contributed by atoms with Crippen LogP contribution in [-0.4, -0.2) is 53.0 Å². The van der Waals surface area contributed by atoms with Crippen molar-refractivity contribution in [3.63, 3.8) is 0 Å². The van der Waals surface area contributed by atoms with Gasteiger partial charge in [0, 0.05) is 38.6 Å². The predicted octanol–water partition coefficient (Wildman–Crippen LogP) is 1.36. The lowest BCUT2D eigenvalue weighted by Crippen LogP contribution is -2.32. The third-order valence-corrected chi connectivity index (χ3v) is 5.52. The summed E-state index contributed by atoms with van der Waals surface area (Å²) in [6, 6.07) is 5.20. The second kappa shape index (κ2) is 6.97. The minimum Gasteiger partial charge on any atom is -0.359 e. The number of amides is 1. The highest BCUT2D eigenvalue weighted by atomic mass is 16.5. The van der Waals surface area contributed by atoms with Gasteiger partial charge in [-0.3, -0.25) is 18.6 Å². The van der Waals surface area contributed by atoms with Gasteiger partial charge in [0.1, 0.15) is 6.54 Å². The standard InChI is InChI=1S/C20H21N7O3/c1-13-9-22-26(10-13)12-15-8-16(23-30-15)19(28)25-7-5-14(11-25)27-18-17(4-3-6-21-18)24(2)20(27)29/h3-4,6,8-10,14H,5,7,11-12H2,1-2H3/t14-/m1/s1. The number of nitrogens with zero attached hydrogens (tertiary/aromatic N) is 7. The number of aryl methyl sites for hydroxylation is 2. The van der Waals surface area contributed by atoms with E-state index in [1.54, 1.807) is 44.2 Å². The molecule has 0 N–H and O–H groups in total. The van der Waals surface area contributed by atoms with E-state index in [1.165, 1.54) is 0 Å². The number of imidazole rings is 1. The molecule has 1 aliphatic rings. The molecule has 0 aromatic carbocycles. The van der Waals surface area contributed by atoms with Gasteiger partial charge in [-0.25, -0.2) is 9.78 Å². The number of pyridine rings is 1. The molecule has 10 nitrogen and oxygen atoms in total. The topological polar surface area (TPSA) is 104 Å². The van der Waals surface area contributed by atoms with Crippen LogP contribution in [0.3, 0.4) is 0 Å². The van der Waals surface area contributed by atoms with Gasteiger partial charge in [0.25, 0.3) is 5.91 Å². The van der Waals surface area contributed by atoms with E-state index in [0.29, 0.717) is 37.5 Å². The largest absolute Gasteiger partial charge is 0.359 e. The van der Waals surface area contributed by atoms with E-state index in [1.807, 2.05) is 25.3 Å². The molecule has 5 heterocycles. The van der Waals surface area contributed by atoms with Crippen molar-refractivity contribution in [1.82, 2.24) is 34.0 Å². The molecule has 0 spiro atoms. The van der Waals surface area contributed by atoms with Crippen LogP contribution in [0, 0.1) is 6.92 Å². The summed E-state index contributed by atoms with van der Waals surface area (Å²) in [7, 11) is 1.73. The van der Waals surface area contributed by atoms with Crippen LogP contribution in [0.2, 0.25) is 0 Å². The van der Waals surface area contributed by atoms with Crippen LogP contribution in [0.1, 0.15) is 34.3 Å². The Bertz CT molecular complexity index is 1300. The summed E-state index contributed by atoms with van der Waals surface area (Å²) >= 11 is 0. The van der Waals surface area contributed by atoms with Gasteiger partial charge in [-0.2, -0.15) is 5.10 Å². The maximum absolute atomic E-state index is 12.9. The lowest BCUT2D eigenvalue weighted by molar-refractivity contribution is 0.0777. The molecule has 1 atom stereocenters. The number of carbonyl (C=O) groups excluding carboxylic acids is 1. The Kier molecular flexibility index (Phi) is 4.27. The third kappa shape index (κ3) is 3.00. The van der Waals surface area contributed by atoms with Gasteiger partial charge in [0.15, 0.2) is 17.1 Å². The van der Waals surface area contributed by atoms with E-state index in [2.05, 4.69) is 15.2 Å². The number of aromatic nitrogens is 6. The molecule has 1 fully saturated rings. The van der Waals surface area contributed by atoms with Gasteiger partial charge in [-0.15, -0.1) is 0 Å². The van der Waals surface area contributed by atoms with Crippen molar-refractivity contribution in [3.8, 4) is 0 Å². The second-order valence-corrected chi connectivity index (χ2v) is 7.65. The highest BCUT2D eigenvalue weighted by Gasteiger charge is 2.32. The minimum absolute atomic E-state index is 0.124. The molecule has 1 amide bonds. The van der Waals surface area contributed by atoms with Crippen LogP contribution in [0.15, 0.2) is 46.1 Å². The lowest BCUT2D eigenvalue weighted by Gasteiger charge is -2.15. The van der Waals surface area contributed by atoms with Crippen molar-refractivity contribution in [2.24, 2.45) is 7.05 Å². The fourth-order valence-electron chi connectivity index (χ4n) is 4.02. The van der Waals surface area contributed by atoms with Crippen LogP contribution in [0.4, 0.5) is 0 Å². The van der Waals surface area contributed by atoms with E-state index < -0.39 is 0 Å². The molecule has 0 aliphatic carbocycles. The zero-order chi connectivity index (χ0) is 20.8. The lowest BCUT2D eigenvalue weighted by atomic mass is 10.2. The smallest absolute Gasteiger partial charge is 0.330 e. The van der Waals surface area contributed by atoms with Crippen LogP contribution in [0.25, 0.3) is 11.2 Å². The molecule has 5 rings (SSSR count). The molecule has 0 radical (unpaired) electrons. The SMILES string of the molecule is Cc1cnn(Cc2cc(C(=O)N3CC[C@@H](n4c(=O)n(C)c5cccnc54)C3)no2)c1. The van der Waals surface area contributed by atoms with Gasteiger partial charge in [-0.1, -0.05) is 5.16 Å². The van der Waals surface area contributed by atoms with E-state index in [0.717, 1.165) is 11.1 Å². The van der Waals surface area contributed by atoms with Gasteiger partial charge in [-0.05, 0) is 31.0 Å². The van der Waals surface area contributed by atoms with Crippen molar-refractivity contribution >= 4 is 17.1 Å². The molecule has 1 aliphatic heterocycles. The zero-order valence-corrected chi connectivity index (χ0v) is 16.7. The fraction of sp³-hybridized carbons (Fsp3) is 0.350. The molecule has 0 unspecified atom stereocenters. The van der Waals surface area contributed by atoms with Crippen LogP contribution < -0.4 is 5.69 Å². The van der Waals surface area contributed by atoms with Crippen LogP contribution in [0.5, 0.6) is 0 Å². The minimum atomic E-state index is -0.203. The second-order valence-electron chi connectivity index (χ2n) is 7.65. The summed E-state index contributed by atoms with van der Waals surface area (Å²) in [4.78, 5) is 31.8. The van der Waals surface area contributed by atoms with Crippen molar-refractivity contribution in [1.29, 1.82) is 0 Å². The number of hydrogen-bond acceptors (Lipinski definition) is 6. The molecule has 0 saturated carbocycles. The Labute approximate surface area is 171 Å². The van der Waals surface area contributed by atoms with E-state index in [9.17, 15) is 9.59 Å². The van der Waals surface area contributed by atoms with Crippen molar-refractivity contribution < 1.29 is 9.32 Å². The van der Waals surface area contributed by atoms with Crippen LogP contribution in [-0.2, 0) is 13.6 Å². The molecule has 1 saturated heterocycles. The van der Waals surface area contributed by atoms with Gasteiger partial charge < -0.3 is 9.42 Å². The maximum atomic E-state index is 12.9.